The van der Waals surface area contributed by atoms with E-state index in [0.717, 1.165) is 44.2 Å². The normalized spacial score (nSPS) is 23.3. The first-order valence-corrected chi connectivity index (χ1v) is 14.0. The van der Waals surface area contributed by atoms with Crippen molar-refractivity contribution in [3.05, 3.63) is 40.0 Å². The summed E-state index contributed by atoms with van der Waals surface area (Å²) in [7, 11) is 0. The van der Waals surface area contributed by atoms with Crippen LogP contribution in [0.4, 0.5) is 0 Å². The molecule has 0 atom stereocenters. The van der Waals surface area contributed by atoms with Crippen LogP contribution >= 0.6 is 11.6 Å². The van der Waals surface area contributed by atoms with Crippen molar-refractivity contribution in [2.75, 3.05) is 0 Å². The molecule has 0 saturated heterocycles. The summed E-state index contributed by atoms with van der Waals surface area (Å²) in [5.41, 5.74) is 3.52. The van der Waals surface area contributed by atoms with E-state index in [1.54, 1.807) is 4.68 Å². The molecule has 0 bridgehead atoms. The lowest BCUT2D eigenvalue weighted by Gasteiger charge is -2.32. The number of aliphatic carboxylic acids is 1. The van der Waals surface area contributed by atoms with Crippen molar-refractivity contribution in [2.24, 2.45) is 5.92 Å². The Labute approximate surface area is 223 Å². The minimum absolute atomic E-state index is 0.0341. The Morgan fingerprint density at radius 2 is 1.81 bits per heavy atom. The fourth-order valence-corrected chi connectivity index (χ4v) is 5.58. The van der Waals surface area contributed by atoms with Crippen LogP contribution in [0.15, 0.2) is 18.2 Å². The molecule has 3 aliphatic carbocycles. The van der Waals surface area contributed by atoms with Crippen LogP contribution in [0.2, 0.25) is 5.02 Å². The number of carboxylic acids is 1. The number of nitrogens with one attached hydrogen (secondary N) is 1. The molecule has 1 aromatic carbocycles. The maximum absolute atomic E-state index is 13.2. The van der Waals surface area contributed by atoms with Crippen molar-refractivity contribution >= 4 is 23.5 Å². The second-order valence-corrected chi connectivity index (χ2v) is 12.9. The van der Waals surface area contributed by atoms with Gasteiger partial charge in [0.2, 0.25) is 5.88 Å². The van der Waals surface area contributed by atoms with Gasteiger partial charge < -0.3 is 15.2 Å². The largest absolute Gasteiger partial charge is 0.481 e. The fourth-order valence-electron chi connectivity index (χ4n) is 5.33. The van der Waals surface area contributed by atoms with Crippen LogP contribution in [-0.4, -0.2) is 38.9 Å². The highest BCUT2D eigenvalue weighted by Gasteiger charge is 2.40. The lowest BCUT2D eigenvalue weighted by Crippen LogP contribution is -2.46. The first kappa shape index (κ1) is 26.1. The van der Waals surface area contributed by atoms with Gasteiger partial charge in [0.05, 0.1) is 11.6 Å². The number of amides is 1. The number of halogens is 1. The summed E-state index contributed by atoms with van der Waals surface area (Å²) in [5.74, 6) is -1.22. The highest BCUT2D eigenvalue weighted by atomic mass is 35.5. The summed E-state index contributed by atoms with van der Waals surface area (Å²) in [5, 5.41) is 17.0. The first-order chi connectivity index (χ1) is 17.4. The second-order valence-electron chi connectivity index (χ2n) is 12.5. The minimum atomic E-state index is -0.824. The Balaban J connectivity index is 1.52. The highest BCUT2D eigenvalue weighted by Crippen LogP contribution is 2.49. The SMILES string of the molecule is CC(C)(C)c1cc(-n2nc(C(=O)N[C@H]3C[C@H](C(=O)O)C3)c(Cl)c2OC2CCCCC2)cc(C2(C)CC2)c1. The second kappa shape index (κ2) is 9.64. The summed E-state index contributed by atoms with van der Waals surface area (Å²) in [6.45, 7) is 8.88. The van der Waals surface area contributed by atoms with Gasteiger partial charge in [0, 0.05) is 6.04 Å². The highest BCUT2D eigenvalue weighted by molar-refractivity contribution is 6.35. The number of aromatic nitrogens is 2. The number of ether oxygens (including phenoxy) is 1. The molecule has 7 nitrogen and oxygen atoms in total. The van der Waals surface area contributed by atoms with E-state index in [1.165, 1.54) is 17.5 Å². The third-order valence-corrected chi connectivity index (χ3v) is 8.72. The van der Waals surface area contributed by atoms with Gasteiger partial charge in [0.25, 0.3) is 5.91 Å². The van der Waals surface area contributed by atoms with Gasteiger partial charge in [-0.3, -0.25) is 9.59 Å². The molecule has 37 heavy (non-hydrogen) atoms. The summed E-state index contributed by atoms with van der Waals surface area (Å²) in [4.78, 5) is 24.4. The number of nitrogens with zero attached hydrogens (tertiary/aromatic N) is 2. The number of carbonyl (C=O) groups is 2. The standard InChI is InChI=1S/C29H38ClN3O4/c1-28(2,3)18-14-19(29(4)10-11-29)16-21(15-18)33-26(37-22-8-6-5-7-9-22)23(30)24(32-33)25(34)31-20-12-17(13-20)27(35)36/h14-17,20,22H,5-13H2,1-4H3,(H,31,34)(H,35,36)/t17-,20-. The van der Waals surface area contributed by atoms with Crippen molar-refractivity contribution in [3.8, 4) is 11.6 Å². The van der Waals surface area contributed by atoms with Gasteiger partial charge in [-0.05, 0) is 85.5 Å². The zero-order chi connectivity index (χ0) is 26.5. The molecule has 3 fully saturated rings. The lowest BCUT2D eigenvalue weighted by molar-refractivity contribution is -0.145. The molecule has 200 valence electrons. The number of hydrogen-bond acceptors (Lipinski definition) is 4. The summed E-state index contributed by atoms with van der Waals surface area (Å²) in [6, 6.07) is 6.39. The van der Waals surface area contributed by atoms with Crippen LogP contribution in [0.1, 0.15) is 107 Å². The van der Waals surface area contributed by atoms with Crippen molar-refractivity contribution in [3.63, 3.8) is 0 Å². The molecular formula is C29H38ClN3O4. The number of benzene rings is 1. The van der Waals surface area contributed by atoms with E-state index in [0.29, 0.717) is 18.7 Å². The number of hydrogen-bond donors (Lipinski definition) is 2. The van der Waals surface area contributed by atoms with Crippen LogP contribution in [0.25, 0.3) is 5.69 Å². The minimum Gasteiger partial charge on any atom is -0.481 e. The van der Waals surface area contributed by atoms with Crippen molar-refractivity contribution in [1.29, 1.82) is 0 Å². The Kier molecular flexibility index (Phi) is 6.80. The maximum atomic E-state index is 13.2. The molecule has 3 aliphatic rings. The van der Waals surface area contributed by atoms with Gasteiger partial charge in [0.15, 0.2) is 5.69 Å². The van der Waals surface area contributed by atoms with Gasteiger partial charge in [0.1, 0.15) is 11.1 Å². The number of rotatable bonds is 7. The molecule has 3 saturated carbocycles. The van der Waals surface area contributed by atoms with E-state index in [-0.39, 0.29) is 33.7 Å². The van der Waals surface area contributed by atoms with Crippen LogP contribution in [0, 0.1) is 5.92 Å². The van der Waals surface area contributed by atoms with Gasteiger partial charge in [-0.25, -0.2) is 0 Å². The van der Waals surface area contributed by atoms with E-state index < -0.39 is 17.8 Å². The van der Waals surface area contributed by atoms with Crippen LogP contribution in [0.3, 0.4) is 0 Å². The molecule has 1 aromatic heterocycles. The Hall–Kier alpha value is -2.54. The molecule has 0 radical (unpaired) electrons. The van der Waals surface area contributed by atoms with E-state index in [1.807, 2.05) is 0 Å². The van der Waals surface area contributed by atoms with Crippen LogP contribution in [0.5, 0.6) is 5.88 Å². The molecule has 0 unspecified atom stereocenters. The van der Waals surface area contributed by atoms with Crippen molar-refractivity contribution < 1.29 is 19.4 Å². The molecule has 0 spiro atoms. The lowest BCUT2D eigenvalue weighted by atomic mass is 9.80. The zero-order valence-electron chi connectivity index (χ0n) is 22.3. The maximum Gasteiger partial charge on any atom is 0.306 e. The van der Waals surface area contributed by atoms with Crippen LogP contribution < -0.4 is 10.1 Å². The predicted molar refractivity (Wildman–Crippen MR) is 143 cm³/mol. The molecular weight excluding hydrogens is 490 g/mol. The van der Waals surface area contributed by atoms with Crippen molar-refractivity contribution in [1.82, 2.24) is 15.1 Å². The van der Waals surface area contributed by atoms with E-state index in [2.05, 4.69) is 51.2 Å². The number of carbonyl (C=O) groups excluding carboxylic acids is 1. The average Bonchev–Trinajstić information content (AvgIpc) is 3.50. The van der Waals surface area contributed by atoms with E-state index in [9.17, 15) is 9.59 Å². The van der Waals surface area contributed by atoms with Crippen molar-refractivity contribution in [2.45, 2.75) is 108 Å². The molecule has 5 rings (SSSR count). The predicted octanol–water partition coefficient (Wildman–Crippen LogP) is 6.18. The molecule has 2 aromatic rings. The average molecular weight is 528 g/mol. The van der Waals surface area contributed by atoms with Gasteiger partial charge in [-0.1, -0.05) is 51.8 Å². The van der Waals surface area contributed by atoms with E-state index >= 15 is 0 Å². The number of carboxylic acid groups (broad SMARTS) is 1. The first-order valence-electron chi connectivity index (χ1n) is 13.6. The van der Waals surface area contributed by atoms with Gasteiger partial charge >= 0.3 is 5.97 Å². The topological polar surface area (TPSA) is 93.5 Å². The van der Waals surface area contributed by atoms with E-state index in [4.69, 9.17) is 26.5 Å². The summed E-state index contributed by atoms with van der Waals surface area (Å²) < 4.78 is 8.18. The quantitative estimate of drug-likeness (QED) is 0.448. The smallest absolute Gasteiger partial charge is 0.306 e. The molecule has 2 N–H and O–H groups in total. The fraction of sp³-hybridized carbons (Fsp3) is 0.621. The Morgan fingerprint density at radius 1 is 1.14 bits per heavy atom. The summed E-state index contributed by atoms with van der Waals surface area (Å²) >= 11 is 6.83. The molecule has 0 aliphatic heterocycles. The molecule has 1 amide bonds. The molecule has 8 heteroatoms. The third-order valence-electron chi connectivity index (χ3n) is 8.38. The Bertz CT molecular complexity index is 1170. The summed E-state index contributed by atoms with van der Waals surface area (Å²) in [6.07, 6.45) is 8.49. The Morgan fingerprint density at radius 3 is 2.41 bits per heavy atom. The van der Waals surface area contributed by atoms with Gasteiger partial charge in [-0.15, -0.1) is 0 Å². The third kappa shape index (κ3) is 5.38. The van der Waals surface area contributed by atoms with Crippen LogP contribution in [-0.2, 0) is 15.6 Å². The zero-order valence-corrected chi connectivity index (χ0v) is 23.0. The van der Waals surface area contributed by atoms with Gasteiger partial charge in [-0.2, -0.15) is 9.78 Å². The molecule has 1 heterocycles. The monoisotopic (exact) mass is 527 g/mol.